The highest BCUT2D eigenvalue weighted by molar-refractivity contribution is 7.92. The van der Waals surface area contributed by atoms with E-state index in [9.17, 15) is 17.6 Å². The van der Waals surface area contributed by atoms with Crippen LogP contribution in [0.2, 0.25) is 0 Å². The van der Waals surface area contributed by atoms with Gasteiger partial charge in [0.15, 0.2) is 0 Å². The lowest BCUT2D eigenvalue weighted by atomic mass is 10.1. The third-order valence-electron chi connectivity index (χ3n) is 4.82. The van der Waals surface area contributed by atoms with E-state index in [1.165, 1.54) is 12.1 Å². The molecule has 8 nitrogen and oxygen atoms in total. The third-order valence-corrected chi connectivity index (χ3v) is 6.22. The number of rotatable bonds is 8. The lowest BCUT2D eigenvalue weighted by Crippen LogP contribution is -2.13. The molecule has 31 heavy (non-hydrogen) atoms. The maximum absolute atomic E-state index is 13.1. The molecule has 0 unspecified atom stereocenters. The Balaban J connectivity index is 1.70. The standard InChI is InChI=1S/C21H19FN4O4S/c22-16-1-4-18(5-2-16)31(29,30)24-17-3-6-20-19(11-17)15(12-25-10-8-23-14-25)13-26(20)9-7-21(27)28/h1-6,8,10-11,13-14,24H,7,9,12H2,(H,27,28). The van der Waals surface area contributed by atoms with E-state index < -0.39 is 21.8 Å². The monoisotopic (exact) mass is 442 g/mol. The van der Waals surface area contributed by atoms with E-state index in [0.29, 0.717) is 12.2 Å². The summed E-state index contributed by atoms with van der Waals surface area (Å²) in [5.74, 6) is -1.42. The Labute approximate surface area is 177 Å². The maximum atomic E-state index is 13.1. The highest BCUT2D eigenvalue weighted by Gasteiger charge is 2.16. The fourth-order valence-electron chi connectivity index (χ4n) is 3.37. The number of carboxylic acid groups (broad SMARTS) is 1. The third kappa shape index (κ3) is 4.58. The summed E-state index contributed by atoms with van der Waals surface area (Å²) in [5.41, 5.74) is 2.03. The van der Waals surface area contributed by atoms with Gasteiger partial charge in [0.05, 0.1) is 24.2 Å². The Hall–Kier alpha value is -3.66. The van der Waals surface area contributed by atoms with Crippen LogP contribution in [-0.4, -0.2) is 33.6 Å². The average molecular weight is 442 g/mol. The number of aryl methyl sites for hydroxylation is 1. The molecule has 0 aliphatic rings. The van der Waals surface area contributed by atoms with Crippen molar-refractivity contribution in [2.45, 2.75) is 24.4 Å². The largest absolute Gasteiger partial charge is 0.481 e. The molecule has 0 saturated heterocycles. The highest BCUT2D eigenvalue weighted by atomic mass is 32.2. The van der Waals surface area contributed by atoms with Crippen LogP contribution in [0.4, 0.5) is 10.1 Å². The van der Waals surface area contributed by atoms with E-state index in [1.807, 2.05) is 21.5 Å². The lowest BCUT2D eigenvalue weighted by Gasteiger charge is -2.09. The van der Waals surface area contributed by atoms with Crippen LogP contribution >= 0.6 is 0 Å². The molecule has 0 aliphatic carbocycles. The topological polar surface area (TPSA) is 106 Å². The van der Waals surface area contributed by atoms with Gasteiger partial charge in [-0.1, -0.05) is 0 Å². The van der Waals surface area contributed by atoms with Gasteiger partial charge < -0.3 is 14.2 Å². The molecule has 0 bridgehead atoms. The van der Waals surface area contributed by atoms with Crippen molar-refractivity contribution >= 4 is 32.6 Å². The van der Waals surface area contributed by atoms with E-state index in [4.69, 9.17) is 5.11 Å². The number of halogens is 1. The van der Waals surface area contributed by atoms with Crippen molar-refractivity contribution in [1.29, 1.82) is 0 Å². The number of anilines is 1. The Morgan fingerprint density at radius 1 is 1.16 bits per heavy atom. The molecule has 2 aromatic carbocycles. The molecule has 2 aromatic heterocycles. The van der Waals surface area contributed by atoms with E-state index in [-0.39, 0.29) is 17.9 Å². The van der Waals surface area contributed by atoms with Crippen molar-refractivity contribution in [1.82, 2.24) is 14.1 Å². The maximum Gasteiger partial charge on any atom is 0.305 e. The van der Waals surface area contributed by atoms with E-state index in [2.05, 4.69) is 9.71 Å². The normalized spacial score (nSPS) is 11.6. The first-order chi connectivity index (χ1) is 14.8. The number of nitrogens with zero attached hydrogens (tertiary/aromatic N) is 3. The zero-order valence-corrected chi connectivity index (χ0v) is 17.1. The quantitative estimate of drug-likeness (QED) is 0.436. The molecule has 0 aliphatic heterocycles. The lowest BCUT2D eigenvalue weighted by molar-refractivity contribution is -0.137. The van der Waals surface area contributed by atoms with Gasteiger partial charge in [-0.05, 0) is 48.0 Å². The summed E-state index contributed by atoms with van der Waals surface area (Å²) in [6.45, 7) is 0.779. The van der Waals surface area contributed by atoms with Gasteiger partial charge in [0.2, 0.25) is 0 Å². The van der Waals surface area contributed by atoms with Gasteiger partial charge >= 0.3 is 5.97 Å². The van der Waals surface area contributed by atoms with Crippen molar-refractivity contribution in [3.63, 3.8) is 0 Å². The number of benzene rings is 2. The number of imidazole rings is 1. The molecule has 2 N–H and O–H groups in total. The number of sulfonamides is 1. The predicted octanol–water partition coefficient (Wildman–Crippen LogP) is 3.30. The number of carboxylic acids is 1. The van der Waals surface area contributed by atoms with Crippen LogP contribution in [0.15, 0.2) is 72.3 Å². The van der Waals surface area contributed by atoms with Crippen LogP contribution in [0.3, 0.4) is 0 Å². The fourth-order valence-corrected chi connectivity index (χ4v) is 4.42. The van der Waals surface area contributed by atoms with E-state index in [0.717, 1.165) is 28.6 Å². The van der Waals surface area contributed by atoms with Gasteiger partial charge in [0, 0.05) is 41.7 Å². The summed E-state index contributed by atoms with van der Waals surface area (Å²) < 4.78 is 44.7. The van der Waals surface area contributed by atoms with Crippen LogP contribution in [-0.2, 0) is 27.9 Å². The van der Waals surface area contributed by atoms with Crippen LogP contribution in [0, 0.1) is 5.82 Å². The molecular formula is C21H19FN4O4S. The number of nitrogens with one attached hydrogen (secondary N) is 1. The first kappa shape index (κ1) is 20.6. The molecule has 0 fully saturated rings. The Bertz CT molecular complexity index is 1330. The summed E-state index contributed by atoms with van der Waals surface area (Å²) in [6, 6.07) is 9.64. The Morgan fingerprint density at radius 2 is 1.94 bits per heavy atom. The zero-order valence-electron chi connectivity index (χ0n) is 16.3. The molecule has 0 amide bonds. The van der Waals surface area contributed by atoms with Gasteiger partial charge in [-0.3, -0.25) is 9.52 Å². The fraction of sp³-hybridized carbons (Fsp3) is 0.143. The molecule has 10 heteroatoms. The number of aromatic nitrogens is 3. The summed E-state index contributed by atoms with van der Waals surface area (Å²) >= 11 is 0. The van der Waals surface area contributed by atoms with Crippen molar-refractivity contribution in [2.75, 3.05) is 4.72 Å². The minimum absolute atomic E-state index is 0.0345. The van der Waals surface area contributed by atoms with Crippen LogP contribution in [0.25, 0.3) is 10.9 Å². The molecular weight excluding hydrogens is 423 g/mol. The average Bonchev–Trinajstić information content (AvgIpc) is 3.35. The number of hydrogen-bond acceptors (Lipinski definition) is 4. The molecule has 0 radical (unpaired) electrons. The number of fused-ring (bicyclic) bond motifs is 1. The molecule has 160 valence electrons. The first-order valence-corrected chi connectivity index (χ1v) is 10.9. The van der Waals surface area contributed by atoms with Crippen LogP contribution in [0.5, 0.6) is 0 Å². The van der Waals surface area contributed by atoms with Gasteiger partial charge in [-0.2, -0.15) is 0 Å². The Kier molecular flexibility index (Phi) is 5.47. The van der Waals surface area contributed by atoms with E-state index >= 15 is 0 Å². The highest BCUT2D eigenvalue weighted by Crippen LogP contribution is 2.27. The summed E-state index contributed by atoms with van der Waals surface area (Å²) in [7, 11) is -3.89. The summed E-state index contributed by atoms with van der Waals surface area (Å²) in [4.78, 5) is 15.0. The molecule has 0 saturated carbocycles. The van der Waals surface area contributed by atoms with Gasteiger partial charge in [0.25, 0.3) is 10.0 Å². The SMILES string of the molecule is O=C(O)CCn1cc(Cn2ccnc2)c2cc(NS(=O)(=O)c3ccc(F)cc3)ccc21. The van der Waals surface area contributed by atoms with Gasteiger partial charge in [-0.15, -0.1) is 0 Å². The second kappa shape index (κ2) is 8.23. The first-order valence-electron chi connectivity index (χ1n) is 9.39. The van der Waals surface area contributed by atoms with Crippen molar-refractivity contribution in [3.05, 3.63) is 78.8 Å². The second-order valence-electron chi connectivity index (χ2n) is 7.02. The van der Waals surface area contributed by atoms with Gasteiger partial charge in [-0.25, -0.2) is 17.8 Å². The summed E-state index contributed by atoms with van der Waals surface area (Å²) in [5, 5.41) is 9.82. The van der Waals surface area contributed by atoms with E-state index in [1.54, 1.807) is 30.7 Å². The van der Waals surface area contributed by atoms with Crippen LogP contribution in [0.1, 0.15) is 12.0 Å². The minimum Gasteiger partial charge on any atom is -0.481 e. The predicted molar refractivity (Wildman–Crippen MR) is 113 cm³/mol. The Morgan fingerprint density at radius 3 is 2.61 bits per heavy atom. The minimum atomic E-state index is -3.89. The zero-order chi connectivity index (χ0) is 22.0. The second-order valence-corrected chi connectivity index (χ2v) is 8.70. The molecule has 2 heterocycles. The molecule has 4 rings (SSSR count). The van der Waals surface area contributed by atoms with Crippen molar-refractivity contribution in [2.24, 2.45) is 0 Å². The summed E-state index contributed by atoms with van der Waals surface area (Å²) in [6.07, 6.45) is 6.97. The van der Waals surface area contributed by atoms with Crippen LogP contribution < -0.4 is 4.72 Å². The number of carbonyl (C=O) groups is 1. The van der Waals surface area contributed by atoms with Crippen molar-refractivity contribution in [3.8, 4) is 0 Å². The van der Waals surface area contributed by atoms with Crippen molar-refractivity contribution < 1.29 is 22.7 Å². The smallest absolute Gasteiger partial charge is 0.305 e. The molecule has 0 spiro atoms. The molecule has 0 atom stereocenters. The molecule has 4 aromatic rings. The number of hydrogen-bond donors (Lipinski definition) is 2. The number of aliphatic carboxylic acids is 1. The van der Waals surface area contributed by atoms with Gasteiger partial charge in [0.1, 0.15) is 5.82 Å².